The van der Waals surface area contributed by atoms with Crippen molar-refractivity contribution in [3.05, 3.63) is 53.1 Å². The minimum absolute atomic E-state index is 0.144. The number of carbonyl (C=O) groups is 3. The lowest BCUT2D eigenvalue weighted by Gasteiger charge is -2.07. The van der Waals surface area contributed by atoms with Crippen LogP contribution in [0.4, 0.5) is 4.79 Å². The van der Waals surface area contributed by atoms with E-state index < -0.39 is 23.7 Å². The van der Waals surface area contributed by atoms with Crippen molar-refractivity contribution in [2.75, 3.05) is 6.54 Å². The van der Waals surface area contributed by atoms with Crippen LogP contribution in [0, 0.1) is 0 Å². The number of nitrogens with zero attached hydrogens (tertiary/aromatic N) is 1. The Labute approximate surface area is 135 Å². The fourth-order valence-corrected chi connectivity index (χ4v) is 2.91. The van der Waals surface area contributed by atoms with Gasteiger partial charge in [-0.05, 0) is 23.9 Å². The average Bonchev–Trinajstić information content (AvgIpc) is 3.09. The molecule has 1 aliphatic heterocycles. The summed E-state index contributed by atoms with van der Waals surface area (Å²) in [6.45, 7) is -0.643. The molecule has 2 aromatic rings. The normalized spacial score (nSPS) is 16.3. The summed E-state index contributed by atoms with van der Waals surface area (Å²) in [6.07, 6.45) is 1.44. The van der Waals surface area contributed by atoms with Crippen molar-refractivity contribution in [3.8, 4) is 11.3 Å². The Hall–Kier alpha value is -2.80. The average molecular weight is 329 g/mol. The van der Waals surface area contributed by atoms with Gasteiger partial charge in [0.25, 0.3) is 11.1 Å². The molecule has 0 aliphatic carbocycles. The minimum atomic E-state index is -1.24. The maximum absolute atomic E-state index is 12.0. The zero-order valence-electron chi connectivity index (χ0n) is 11.8. The number of aliphatic carboxylic acids is 1. The first-order valence-electron chi connectivity index (χ1n) is 6.67. The van der Waals surface area contributed by atoms with Gasteiger partial charge in [-0.3, -0.25) is 19.3 Å². The van der Waals surface area contributed by atoms with Crippen LogP contribution in [0.15, 0.2) is 51.8 Å². The van der Waals surface area contributed by atoms with Gasteiger partial charge in [-0.15, -0.1) is 0 Å². The molecular formula is C16H11NO5S. The van der Waals surface area contributed by atoms with Gasteiger partial charge in [0.2, 0.25) is 0 Å². The van der Waals surface area contributed by atoms with E-state index >= 15 is 0 Å². The predicted molar refractivity (Wildman–Crippen MR) is 84.5 cm³/mol. The topological polar surface area (TPSA) is 87.8 Å². The number of hydrogen-bond acceptors (Lipinski definition) is 5. The number of benzene rings is 1. The second kappa shape index (κ2) is 6.13. The van der Waals surface area contributed by atoms with Crippen LogP contribution in [0.25, 0.3) is 17.4 Å². The summed E-state index contributed by atoms with van der Waals surface area (Å²) < 4.78 is 5.64. The molecule has 1 N–H and O–H groups in total. The number of carboxylic acids is 1. The van der Waals surface area contributed by atoms with E-state index in [1.165, 1.54) is 6.08 Å². The van der Waals surface area contributed by atoms with E-state index in [4.69, 9.17) is 9.52 Å². The van der Waals surface area contributed by atoms with Crippen LogP contribution in [0.5, 0.6) is 0 Å². The molecule has 116 valence electrons. The van der Waals surface area contributed by atoms with Crippen LogP contribution in [0.1, 0.15) is 5.76 Å². The lowest BCUT2D eigenvalue weighted by molar-refractivity contribution is -0.140. The van der Waals surface area contributed by atoms with Crippen molar-refractivity contribution < 1.29 is 23.9 Å². The molecule has 0 saturated carbocycles. The van der Waals surface area contributed by atoms with Crippen molar-refractivity contribution in [3.63, 3.8) is 0 Å². The van der Waals surface area contributed by atoms with Gasteiger partial charge < -0.3 is 9.52 Å². The molecule has 0 bridgehead atoms. The number of carbonyl (C=O) groups excluding carboxylic acids is 2. The minimum Gasteiger partial charge on any atom is -0.480 e. The summed E-state index contributed by atoms with van der Waals surface area (Å²) in [6, 6.07) is 12.9. The van der Waals surface area contributed by atoms with Crippen molar-refractivity contribution >= 4 is 35.0 Å². The third-order valence-corrected chi connectivity index (χ3v) is 4.03. The van der Waals surface area contributed by atoms with Gasteiger partial charge in [-0.2, -0.15) is 0 Å². The molecule has 1 aliphatic rings. The number of imide groups is 1. The number of thioether (sulfide) groups is 1. The SMILES string of the molecule is O=C(O)CN1C(=O)S/C(=C/c2ccc(-c3ccccc3)o2)C1=O. The molecule has 0 unspecified atom stereocenters. The number of furan rings is 1. The van der Waals surface area contributed by atoms with Gasteiger partial charge in [-0.1, -0.05) is 30.3 Å². The van der Waals surface area contributed by atoms with Crippen LogP contribution in [-0.4, -0.2) is 33.7 Å². The van der Waals surface area contributed by atoms with Gasteiger partial charge in [0.15, 0.2) is 0 Å². The zero-order valence-corrected chi connectivity index (χ0v) is 12.6. The highest BCUT2D eigenvalue weighted by atomic mass is 32.2. The summed E-state index contributed by atoms with van der Waals surface area (Å²) in [5.74, 6) is -0.802. The van der Waals surface area contributed by atoms with E-state index in [1.54, 1.807) is 12.1 Å². The Kier molecular flexibility index (Phi) is 4.03. The number of hydrogen-bond donors (Lipinski definition) is 1. The Morgan fingerprint density at radius 2 is 1.91 bits per heavy atom. The third-order valence-electron chi connectivity index (χ3n) is 3.13. The smallest absolute Gasteiger partial charge is 0.323 e. The molecule has 2 amide bonds. The molecule has 0 spiro atoms. The van der Waals surface area contributed by atoms with Gasteiger partial charge in [-0.25, -0.2) is 0 Å². The summed E-state index contributed by atoms with van der Waals surface area (Å²) in [7, 11) is 0. The van der Waals surface area contributed by atoms with Crippen LogP contribution >= 0.6 is 11.8 Å². The molecule has 1 aromatic carbocycles. The molecule has 0 atom stereocenters. The summed E-state index contributed by atoms with van der Waals surface area (Å²) in [4.78, 5) is 35.2. The molecule has 3 rings (SSSR count). The van der Waals surface area contributed by atoms with Crippen molar-refractivity contribution in [1.29, 1.82) is 0 Å². The van der Waals surface area contributed by atoms with Gasteiger partial charge in [0.05, 0.1) is 4.91 Å². The highest BCUT2D eigenvalue weighted by molar-refractivity contribution is 8.18. The molecule has 23 heavy (non-hydrogen) atoms. The van der Waals surface area contributed by atoms with Crippen LogP contribution in [0.3, 0.4) is 0 Å². The van der Waals surface area contributed by atoms with Gasteiger partial charge >= 0.3 is 5.97 Å². The largest absolute Gasteiger partial charge is 0.480 e. The Balaban J connectivity index is 1.83. The Bertz CT molecular complexity index is 809. The maximum Gasteiger partial charge on any atom is 0.323 e. The summed E-state index contributed by atoms with van der Waals surface area (Å²) in [5.41, 5.74) is 0.895. The number of carboxylic acid groups (broad SMARTS) is 1. The summed E-state index contributed by atoms with van der Waals surface area (Å²) >= 11 is 0.699. The quantitative estimate of drug-likeness (QED) is 0.867. The van der Waals surface area contributed by atoms with E-state index in [0.29, 0.717) is 28.2 Å². The first-order chi connectivity index (χ1) is 11.0. The Morgan fingerprint density at radius 1 is 1.17 bits per heavy atom. The van der Waals surface area contributed by atoms with Gasteiger partial charge in [0, 0.05) is 11.6 Å². The van der Waals surface area contributed by atoms with E-state index in [0.717, 1.165) is 5.56 Å². The monoisotopic (exact) mass is 329 g/mol. The van der Waals surface area contributed by atoms with E-state index in [1.807, 2.05) is 30.3 Å². The lowest BCUT2D eigenvalue weighted by atomic mass is 10.2. The van der Waals surface area contributed by atoms with E-state index in [2.05, 4.69) is 0 Å². The second-order valence-corrected chi connectivity index (χ2v) is 5.72. The van der Waals surface area contributed by atoms with E-state index in [9.17, 15) is 14.4 Å². The zero-order chi connectivity index (χ0) is 16.4. The molecular weight excluding hydrogens is 318 g/mol. The molecule has 1 aromatic heterocycles. The molecule has 0 radical (unpaired) electrons. The maximum atomic E-state index is 12.0. The standard InChI is InChI=1S/C16H11NO5S/c18-14(19)9-17-15(20)13(23-16(17)21)8-11-6-7-12(22-11)10-4-2-1-3-5-10/h1-8H,9H2,(H,18,19)/b13-8+. The highest BCUT2D eigenvalue weighted by Gasteiger charge is 2.36. The van der Waals surface area contributed by atoms with Crippen LogP contribution < -0.4 is 0 Å². The Morgan fingerprint density at radius 3 is 2.61 bits per heavy atom. The van der Waals surface area contributed by atoms with Crippen molar-refractivity contribution in [2.24, 2.45) is 0 Å². The van der Waals surface area contributed by atoms with E-state index in [-0.39, 0.29) is 4.91 Å². The van der Waals surface area contributed by atoms with Crippen LogP contribution in [-0.2, 0) is 9.59 Å². The molecule has 2 heterocycles. The third kappa shape index (κ3) is 3.19. The first kappa shape index (κ1) is 15.1. The molecule has 7 heteroatoms. The van der Waals surface area contributed by atoms with Crippen LogP contribution in [0.2, 0.25) is 0 Å². The molecule has 6 nitrogen and oxygen atoms in total. The molecule has 1 saturated heterocycles. The highest BCUT2D eigenvalue weighted by Crippen LogP contribution is 2.33. The first-order valence-corrected chi connectivity index (χ1v) is 7.48. The summed E-state index contributed by atoms with van der Waals surface area (Å²) in [5, 5.41) is 8.12. The lowest BCUT2D eigenvalue weighted by Crippen LogP contribution is -2.33. The number of amides is 2. The second-order valence-electron chi connectivity index (χ2n) is 4.73. The molecule has 1 fully saturated rings. The predicted octanol–water partition coefficient (Wildman–Crippen LogP) is 3.07. The fourth-order valence-electron chi connectivity index (χ4n) is 2.09. The number of rotatable bonds is 4. The fraction of sp³-hybridized carbons (Fsp3) is 0.0625. The van der Waals surface area contributed by atoms with Crippen molar-refractivity contribution in [1.82, 2.24) is 4.90 Å². The van der Waals surface area contributed by atoms with Gasteiger partial charge in [0.1, 0.15) is 18.1 Å². The van der Waals surface area contributed by atoms with Crippen molar-refractivity contribution in [2.45, 2.75) is 0 Å².